The van der Waals surface area contributed by atoms with Crippen molar-refractivity contribution in [1.82, 2.24) is 19.9 Å². The SMILES string of the molecule is c1ccc(-c2ccc(-c3nc(-c4cccc5oc6ccccc6c45)nc(-c4cncc5oc6cc(-c7ccc8ccccc8c7)ccc6c45)n3)cc2)cc1. The van der Waals surface area contributed by atoms with E-state index in [0.29, 0.717) is 23.1 Å². The highest BCUT2D eigenvalue weighted by Gasteiger charge is 2.21. The van der Waals surface area contributed by atoms with Crippen LogP contribution in [0.5, 0.6) is 0 Å². The number of benzene rings is 7. The molecule has 6 heteroatoms. The van der Waals surface area contributed by atoms with E-state index < -0.39 is 0 Å². The van der Waals surface area contributed by atoms with Crippen molar-refractivity contribution in [3.8, 4) is 56.4 Å². The van der Waals surface area contributed by atoms with Gasteiger partial charge in [0, 0.05) is 44.4 Å². The van der Waals surface area contributed by atoms with Gasteiger partial charge < -0.3 is 8.83 Å². The van der Waals surface area contributed by atoms with Crippen molar-refractivity contribution in [2.75, 3.05) is 0 Å². The van der Waals surface area contributed by atoms with Crippen molar-refractivity contribution in [2.45, 2.75) is 0 Å². The topological polar surface area (TPSA) is 77.8 Å². The van der Waals surface area contributed by atoms with Gasteiger partial charge in [0.25, 0.3) is 0 Å². The highest BCUT2D eigenvalue weighted by Crippen LogP contribution is 2.40. The summed E-state index contributed by atoms with van der Waals surface area (Å²) in [6.07, 6.45) is 3.59. The Balaban J connectivity index is 1.10. The first-order valence-electron chi connectivity index (χ1n) is 17.9. The molecule has 0 aliphatic carbocycles. The molecule has 252 valence electrons. The van der Waals surface area contributed by atoms with E-state index in [9.17, 15) is 0 Å². The number of fused-ring (bicyclic) bond motifs is 7. The fourth-order valence-corrected chi connectivity index (χ4v) is 7.60. The standard InChI is InChI=1S/C48H28N4O2/c1-2-9-29(10-3-1)31-17-20-32(21-18-31)46-50-47(38-14-8-16-41-44(38)36-13-6-7-15-40(36)53-41)52-48(51-46)39-27-49-28-43-45(39)37-24-23-35(26-42(37)54-43)34-22-19-30-11-4-5-12-33(30)25-34/h1-28H. The molecule has 0 aliphatic rings. The van der Waals surface area contributed by atoms with Crippen molar-refractivity contribution >= 4 is 54.6 Å². The zero-order chi connectivity index (χ0) is 35.6. The molecule has 11 rings (SSSR count). The van der Waals surface area contributed by atoms with Crippen molar-refractivity contribution in [2.24, 2.45) is 0 Å². The molecule has 0 saturated carbocycles. The molecule has 0 radical (unpaired) electrons. The maximum Gasteiger partial charge on any atom is 0.166 e. The first-order valence-corrected chi connectivity index (χ1v) is 17.9. The number of para-hydroxylation sites is 1. The maximum absolute atomic E-state index is 6.50. The van der Waals surface area contributed by atoms with Gasteiger partial charge in [-0.1, -0.05) is 127 Å². The predicted molar refractivity (Wildman–Crippen MR) is 217 cm³/mol. The van der Waals surface area contributed by atoms with Gasteiger partial charge in [-0.05, 0) is 63.4 Å². The van der Waals surface area contributed by atoms with Crippen molar-refractivity contribution < 1.29 is 8.83 Å². The summed E-state index contributed by atoms with van der Waals surface area (Å²) in [5.41, 5.74) is 9.98. The van der Waals surface area contributed by atoms with Crippen LogP contribution in [-0.4, -0.2) is 19.9 Å². The number of furan rings is 2. The fraction of sp³-hybridized carbons (Fsp3) is 0. The van der Waals surface area contributed by atoms with Gasteiger partial charge in [0.1, 0.15) is 16.7 Å². The second-order valence-electron chi connectivity index (χ2n) is 13.5. The summed E-state index contributed by atoms with van der Waals surface area (Å²) in [6, 6.07) is 54.1. The predicted octanol–water partition coefficient (Wildman–Crippen LogP) is 12.6. The molecule has 0 aliphatic heterocycles. The molecule has 54 heavy (non-hydrogen) atoms. The monoisotopic (exact) mass is 692 g/mol. The molecule has 7 aromatic carbocycles. The summed E-state index contributed by atoms with van der Waals surface area (Å²) in [7, 11) is 0. The largest absolute Gasteiger partial charge is 0.456 e. The molecule has 0 bridgehead atoms. The first-order chi connectivity index (χ1) is 26.7. The summed E-state index contributed by atoms with van der Waals surface area (Å²) in [6.45, 7) is 0. The van der Waals surface area contributed by atoms with Crippen molar-refractivity contribution in [3.63, 3.8) is 0 Å². The van der Waals surface area contributed by atoms with Crippen LogP contribution in [0.15, 0.2) is 179 Å². The minimum Gasteiger partial charge on any atom is -0.456 e. The number of nitrogens with zero attached hydrogens (tertiary/aromatic N) is 4. The Morgan fingerprint density at radius 1 is 0.333 bits per heavy atom. The van der Waals surface area contributed by atoms with Gasteiger partial charge in [-0.3, -0.25) is 4.98 Å². The zero-order valence-corrected chi connectivity index (χ0v) is 28.8. The van der Waals surface area contributed by atoms with Crippen LogP contribution in [0.1, 0.15) is 0 Å². The number of aromatic nitrogens is 4. The van der Waals surface area contributed by atoms with E-state index in [1.807, 2.05) is 60.8 Å². The molecule has 0 N–H and O–H groups in total. The Hall–Kier alpha value is -7.44. The summed E-state index contributed by atoms with van der Waals surface area (Å²) >= 11 is 0. The third-order valence-electron chi connectivity index (χ3n) is 10.2. The highest BCUT2D eigenvalue weighted by molar-refractivity contribution is 6.13. The Morgan fingerprint density at radius 3 is 1.83 bits per heavy atom. The fourth-order valence-electron chi connectivity index (χ4n) is 7.60. The average Bonchev–Trinajstić information content (AvgIpc) is 3.82. The number of hydrogen-bond acceptors (Lipinski definition) is 6. The van der Waals surface area contributed by atoms with Gasteiger partial charge in [-0.15, -0.1) is 0 Å². The van der Waals surface area contributed by atoms with Crippen LogP contribution in [-0.2, 0) is 0 Å². The minimum atomic E-state index is 0.506. The second-order valence-corrected chi connectivity index (χ2v) is 13.5. The molecule has 0 fully saturated rings. The molecule has 0 spiro atoms. The lowest BCUT2D eigenvalue weighted by Crippen LogP contribution is -2.01. The van der Waals surface area contributed by atoms with E-state index in [4.69, 9.17) is 23.8 Å². The van der Waals surface area contributed by atoms with E-state index in [1.54, 1.807) is 6.20 Å². The lowest BCUT2D eigenvalue weighted by Gasteiger charge is -2.10. The van der Waals surface area contributed by atoms with E-state index in [1.165, 1.54) is 10.8 Å². The third-order valence-corrected chi connectivity index (χ3v) is 10.2. The number of pyridine rings is 1. The molecule has 0 atom stereocenters. The number of rotatable bonds is 5. The molecule has 4 aromatic heterocycles. The Kier molecular flexibility index (Phi) is 6.75. The Bertz CT molecular complexity index is 3220. The lowest BCUT2D eigenvalue weighted by atomic mass is 9.99. The van der Waals surface area contributed by atoms with E-state index in [2.05, 4.69) is 108 Å². The lowest BCUT2D eigenvalue weighted by molar-refractivity contribution is 0.667. The van der Waals surface area contributed by atoms with Crippen LogP contribution >= 0.6 is 0 Å². The van der Waals surface area contributed by atoms with Crippen molar-refractivity contribution in [3.05, 3.63) is 170 Å². The zero-order valence-electron chi connectivity index (χ0n) is 28.8. The third kappa shape index (κ3) is 4.96. The molecule has 6 nitrogen and oxygen atoms in total. The van der Waals surface area contributed by atoms with Crippen LogP contribution in [0.4, 0.5) is 0 Å². The van der Waals surface area contributed by atoms with Gasteiger partial charge in [-0.2, -0.15) is 0 Å². The summed E-state index contributed by atoms with van der Waals surface area (Å²) in [4.78, 5) is 20.1. The Labute approximate surface area is 309 Å². The van der Waals surface area contributed by atoms with Crippen LogP contribution in [0.3, 0.4) is 0 Å². The Morgan fingerprint density at radius 2 is 0.944 bits per heavy atom. The first kappa shape index (κ1) is 30.2. The van der Waals surface area contributed by atoms with Crippen LogP contribution in [0.25, 0.3) is 111 Å². The minimum absolute atomic E-state index is 0.506. The quantitative estimate of drug-likeness (QED) is 0.179. The molecule has 0 unspecified atom stereocenters. The van der Waals surface area contributed by atoms with Crippen molar-refractivity contribution in [1.29, 1.82) is 0 Å². The van der Waals surface area contributed by atoms with Gasteiger partial charge >= 0.3 is 0 Å². The number of hydrogen-bond donors (Lipinski definition) is 0. The van der Waals surface area contributed by atoms with E-state index in [-0.39, 0.29) is 0 Å². The molecule has 11 aromatic rings. The average molecular weight is 693 g/mol. The molecule has 0 saturated heterocycles. The van der Waals surface area contributed by atoms with Gasteiger partial charge in [0.05, 0.1) is 6.20 Å². The molecule has 4 heterocycles. The highest BCUT2D eigenvalue weighted by atomic mass is 16.3. The summed E-state index contributed by atoms with van der Waals surface area (Å²) in [5.74, 6) is 1.61. The van der Waals surface area contributed by atoms with Crippen LogP contribution < -0.4 is 0 Å². The normalized spacial score (nSPS) is 11.7. The summed E-state index contributed by atoms with van der Waals surface area (Å²) < 4.78 is 12.8. The van der Waals surface area contributed by atoms with Crippen LogP contribution in [0.2, 0.25) is 0 Å². The summed E-state index contributed by atoms with van der Waals surface area (Å²) in [5, 5.41) is 6.24. The molecular formula is C48H28N4O2. The van der Waals surface area contributed by atoms with E-state index >= 15 is 0 Å². The molecular weight excluding hydrogens is 665 g/mol. The van der Waals surface area contributed by atoms with Gasteiger partial charge in [0.15, 0.2) is 23.1 Å². The van der Waals surface area contributed by atoms with Crippen LogP contribution in [0, 0.1) is 0 Å². The smallest absolute Gasteiger partial charge is 0.166 e. The van der Waals surface area contributed by atoms with Gasteiger partial charge in [0.2, 0.25) is 0 Å². The van der Waals surface area contributed by atoms with E-state index in [0.717, 1.165) is 77.2 Å². The second kappa shape index (κ2) is 12.1. The van der Waals surface area contributed by atoms with Gasteiger partial charge in [-0.25, -0.2) is 15.0 Å². The maximum atomic E-state index is 6.50. The molecule has 0 amide bonds.